The SMILES string of the molecule is CC(=O)NCC(NCCC1CCNCC1)(c1ccncc1)c1ccc(O)cc1. The van der Waals surface area contributed by atoms with E-state index in [2.05, 4.69) is 20.9 Å². The van der Waals surface area contributed by atoms with Crippen molar-refractivity contribution in [3.05, 3.63) is 59.9 Å². The number of piperidine rings is 1. The van der Waals surface area contributed by atoms with Crippen LogP contribution >= 0.6 is 0 Å². The van der Waals surface area contributed by atoms with Gasteiger partial charge >= 0.3 is 0 Å². The summed E-state index contributed by atoms with van der Waals surface area (Å²) in [5.41, 5.74) is 1.44. The number of rotatable bonds is 8. The Morgan fingerprint density at radius 2 is 1.79 bits per heavy atom. The van der Waals surface area contributed by atoms with Crippen LogP contribution in [0.25, 0.3) is 0 Å². The predicted molar refractivity (Wildman–Crippen MR) is 110 cm³/mol. The van der Waals surface area contributed by atoms with Crippen molar-refractivity contribution in [2.75, 3.05) is 26.2 Å². The number of nitrogens with zero attached hydrogens (tertiary/aromatic N) is 1. The second kappa shape index (κ2) is 9.66. The van der Waals surface area contributed by atoms with Gasteiger partial charge in [-0.15, -0.1) is 0 Å². The number of phenols is 1. The zero-order valence-corrected chi connectivity index (χ0v) is 16.4. The van der Waals surface area contributed by atoms with Crippen LogP contribution in [0.2, 0.25) is 0 Å². The number of aromatic hydroxyl groups is 1. The zero-order chi connectivity index (χ0) is 19.8. The molecule has 2 aromatic rings. The lowest BCUT2D eigenvalue weighted by atomic mass is 9.82. The van der Waals surface area contributed by atoms with Gasteiger partial charge in [0.15, 0.2) is 0 Å². The van der Waals surface area contributed by atoms with E-state index in [4.69, 9.17) is 0 Å². The molecule has 0 radical (unpaired) electrons. The number of phenolic OH excluding ortho intramolecular Hbond substituents is 1. The van der Waals surface area contributed by atoms with Crippen molar-refractivity contribution in [1.29, 1.82) is 0 Å². The van der Waals surface area contributed by atoms with E-state index in [1.807, 2.05) is 24.3 Å². The molecule has 0 bridgehead atoms. The molecule has 150 valence electrons. The van der Waals surface area contributed by atoms with Crippen LogP contribution in [0.3, 0.4) is 0 Å². The first-order chi connectivity index (χ1) is 13.6. The standard InChI is InChI=1S/C22H30N4O2/c1-17(27)25-16-22(20-9-13-24-14-10-20,19-2-4-21(28)5-3-19)26-15-8-18-6-11-23-12-7-18/h2-5,9-10,13-14,18,23,26,28H,6-8,11-12,15-16H2,1H3,(H,25,27). The highest BCUT2D eigenvalue weighted by molar-refractivity contribution is 5.73. The molecule has 6 nitrogen and oxygen atoms in total. The van der Waals surface area contributed by atoms with Gasteiger partial charge in [0.2, 0.25) is 5.91 Å². The van der Waals surface area contributed by atoms with E-state index in [9.17, 15) is 9.90 Å². The lowest BCUT2D eigenvalue weighted by Crippen LogP contribution is -2.52. The van der Waals surface area contributed by atoms with Crippen LogP contribution in [0.1, 0.15) is 37.3 Å². The smallest absolute Gasteiger partial charge is 0.216 e. The first-order valence-corrected chi connectivity index (χ1v) is 10.0. The number of aromatic nitrogens is 1. The molecule has 28 heavy (non-hydrogen) atoms. The van der Waals surface area contributed by atoms with E-state index in [0.717, 1.165) is 37.2 Å². The summed E-state index contributed by atoms with van der Waals surface area (Å²) in [7, 11) is 0. The summed E-state index contributed by atoms with van der Waals surface area (Å²) in [5, 5.41) is 19.9. The maximum Gasteiger partial charge on any atom is 0.216 e. The van der Waals surface area contributed by atoms with Crippen molar-refractivity contribution in [2.45, 2.75) is 31.7 Å². The first-order valence-electron chi connectivity index (χ1n) is 10.0. The summed E-state index contributed by atoms with van der Waals surface area (Å²) >= 11 is 0. The number of hydrogen-bond acceptors (Lipinski definition) is 5. The predicted octanol–water partition coefficient (Wildman–Crippen LogP) is 2.15. The third-order valence-corrected chi connectivity index (χ3v) is 5.57. The maximum atomic E-state index is 11.7. The lowest BCUT2D eigenvalue weighted by Gasteiger charge is -2.37. The number of pyridine rings is 1. The summed E-state index contributed by atoms with van der Waals surface area (Å²) in [5.74, 6) is 0.864. The topological polar surface area (TPSA) is 86.3 Å². The molecule has 6 heteroatoms. The Labute approximate surface area is 166 Å². The average Bonchev–Trinajstić information content (AvgIpc) is 2.73. The fourth-order valence-corrected chi connectivity index (χ4v) is 3.94. The molecule has 1 unspecified atom stereocenters. The lowest BCUT2D eigenvalue weighted by molar-refractivity contribution is -0.119. The Morgan fingerprint density at radius 1 is 1.14 bits per heavy atom. The van der Waals surface area contributed by atoms with Gasteiger partial charge in [0.05, 0.1) is 5.54 Å². The van der Waals surface area contributed by atoms with Gasteiger partial charge in [-0.25, -0.2) is 0 Å². The largest absolute Gasteiger partial charge is 0.508 e. The van der Waals surface area contributed by atoms with Gasteiger partial charge in [0.1, 0.15) is 5.75 Å². The highest BCUT2D eigenvalue weighted by Gasteiger charge is 2.34. The summed E-state index contributed by atoms with van der Waals surface area (Å²) in [6.07, 6.45) is 7.04. The van der Waals surface area contributed by atoms with Crippen LogP contribution in [0.4, 0.5) is 0 Å². The Kier molecular flexibility index (Phi) is 7.01. The quantitative estimate of drug-likeness (QED) is 0.562. The monoisotopic (exact) mass is 382 g/mol. The molecule has 1 aromatic carbocycles. The number of benzene rings is 1. The Morgan fingerprint density at radius 3 is 2.43 bits per heavy atom. The number of hydrogen-bond donors (Lipinski definition) is 4. The Hall–Kier alpha value is -2.44. The summed E-state index contributed by atoms with van der Waals surface area (Å²) in [6, 6.07) is 11.2. The molecule has 1 aliphatic heterocycles. The van der Waals surface area contributed by atoms with Gasteiger partial charge in [0, 0.05) is 25.9 Å². The maximum absolute atomic E-state index is 11.7. The van der Waals surface area contributed by atoms with Crippen LogP contribution < -0.4 is 16.0 Å². The van der Waals surface area contributed by atoms with Crippen LogP contribution in [0.15, 0.2) is 48.8 Å². The van der Waals surface area contributed by atoms with Gasteiger partial charge in [-0.3, -0.25) is 9.78 Å². The van der Waals surface area contributed by atoms with E-state index in [1.54, 1.807) is 24.5 Å². The summed E-state index contributed by atoms with van der Waals surface area (Å²) in [4.78, 5) is 15.9. The minimum Gasteiger partial charge on any atom is -0.508 e. The molecular formula is C22H30N4O2. The molecule has 0 aliphatic carbocycles. The van der Waals surface area contributed by atoms with Crippen molar-refractivity contribution in [3.63, 3.8) is 0 Å². The Balaban J connectivity index is 1.89. The molecule has 1 fully saturated rings. The molecule has 0 spiro atoms. The highest BCUT2D eigenvalue weighted by Crippen LogP contribution is 2.31. The summed E-state index contributed by atoms with van der Waals surface area (Å²) < 4.78 is 0. The van der Waals surface area contributed by atoms with E-state index < -0.39 is 5.54 Å². The van der Waals surface area contributed by atoms with Gasteiger partial charge in [0.25, 0.3) is 0 Å². The van der Waals surface area contributed by atoms with E-state index in [-0.39, 0.29) is 11.7 Å². The zero-order valence-electron chi connectivity index (χ0n) is 16.4. The van der Waals surface area contributed by atoms with E-state index >= 15 is 0 Å². The fraction of sp³-hybridized carbons (Fsp3) is 0.455. The average molecular weight is 383 g/mol. The van der Waals surface area contributed by atoms with Crippen LogP contribution in [-0.4, -0.2) is 42.2 Å². The van der Waals surface area contributed by atoms with Crippen molar-refractivity contribution in [3.8, 4) is 5.75 Å². The van der Waals surface area contributed by atoms with Gasteiger partial charge in [-0.05, 0) is 80.2 Å². The molecule has 3 rings (SSSR count). The fourth-order valence-electron chi connectivity index (χ4n) is 3.94. The molecule has 1 saturated heterocycles. The number of amides is 1. The van der Waals surface area contributed by atoms with Crippen molar-refractivity contribution < 1.29 is 9.90 Å². The van der Waals surface area contributed by atoms with E-state index in [1.165, 1.54) is 19.8 Å². The van der Waals surface area contributed by atoms with Crippen molar-refractivity contribution >= 4 is 5.91 Å². The first kappa shape index (κ1) is 20.3. The third kappa shape index (κ3) is 5.09. The minimum absolute atomic E-state index is 0.0719. The molecule has 1 aliphatic rings. The number of nitrogens with one attached hydrogen (secondary N) is 3. The molecular weight excluding hydrogens is 352 g/mol. The third-order valence-electron chi connectivity index (χ3n) is 5.57. The molecule has 0 saturated carbocycles. The molecule has 1 amide bonds. The molecule has 1 atom stereocenters. The van der Waals surface area contributed by atoms with Crippen LogP contribution in [0.5, 0.6) is 5.75 Å². The summed E-state index contributed by atoms with van der Waals surface area (Å²) in [6.45, 7) is 4.97. The second-order valence-corrected chi connectivity index (χ2v) is 7.51. The Bertz CT molecular complexity index is 745. The van der Waals surface area contributed by atoms with E-state index in [0.29, 0.717) is 12.5 Å². The minimum atomic E-state index is -0.588. The van der Waals surface area contributed by atoms with Gasteiger partial charge in [-0.1, -0.05) is 12.1 Å². The highest BCUT2D eigenvalue weighted by atomic mass is 16.3. The number of carbonyl (C=O) groups is 1. The molecule has 4 N–H and O–H groups in total. The van der Waals surface area contributed by atoms with Crippen molar-refractivity contribution in [2.24, 2.45) is 5.92 Å². The van der Waals surface area contributed by atoms with Gasteiger partial charge < -0.3 is 21.1 Å². The van der Waals surface area contributed by atoms with Gasteiger partial charge in [-0.2, -0.15) is 0 Å². The number of carbonyl (C=O) groups excluding carboxylic acids is 1. The van der Waals surface area contributed by atoms with Crippen molar-refractivity contribution in [1.82, 2.24) is 20.9 Å². The molecule has 2 heterocycles. The van der Waals surface area contributed by atoms with Crippen LogP contribution in [-0.2, 0) is 10.3 Å². The normalized spacial score (nSPS) is 17.0. The van der Waals surface area contributed by atoms with Crippen LogP contribution in [0, 0.1) is 5.92 Å². The second-order valence-electron chi connectivity index (χ2n) is 7.51. The molecule has 1 aromatic heterocycles.